The van der Waals surface area contributed by atoms with Crippen molar-refractivity contribution in [2.75, 3.05) is 31.7 Å². The Kier molecular flexibility index (Phi) is 7.44. The molecule has 144 valence electrons. The zero-order chi connectivity index (χ0) is 19.2. The van der Waals surface area contributed by atoms with Gasteiger partial charge < -0.3 is 15.4 Å². The van der Waals surface area contributed by atoms with E-state index in [9.17, 15) is 18.0 Å². The molecule has 1 heterocycles. The van der Waals surface area contributed by atoms with Gasteiger partial charge in [-0.25, -0.2) is 8.42 Å². The lowest BCUT2D eigenvalue weighted by molar-refractivity contribution is -0.146. The zero-order valence-electron chi connectivity index (χ0n) is 14.5. The first-order chi connectivity index (χ1) is 12.3. The molecule has 3 N–H and O–H groups in total. The number of benzene rings is 1. The van der Waals surface area contributed by atoms with Crippen molar-refractivity contribution in [2.24, 2.45) is 5.73 Å². The number of sulfonamides is 1. The Balaban J connectivity index is 2.15. The quantitative estimate of drug-likeness (QED) is 0.623. The summed E-state index contributed by atoms with van der Waals surface area (Å²) in [5, 5.41) is 0. The Labute approximate surface area is 157 Å². The van der Waals surface area contributed by atoms with Crippen molar-refractivity contribution in [3.05, 3.63) is 30.3 Å². The van der Waals surface area contributed by atoms with Gasteiger partial charge in [0.15, 0.2) is 6.10 Å². The summed E-state index contributed by atoms with van der Waals surface area (Å²) in [6.45, 7) is 0.489. The first-order valence-electron chi connectivity index (χ1n) is 8.11. The van der Waals surface area contributed by atoms with Gasteiger partial charge in [0.1, 0.15) is 6.04 Å². The van der Waals surface area contributed by atoms with Crippen LogP contribution in [0.5, 0.6) is 0 Å². The summed E-state index contributed by atoms with van der Waals surface area (Å²) in [6.07, 6.45) is 1.34. The Morgan fingerprint density at radius 1 is 1.38 bits per heavy atom. The Morgan fingerprint density at radius 3 is 2.69 bits per heavy atom. The van der Waals surface area contributed by atoms with Crippen molar-refractivity contribution in [3.63, 3.8) is 0 Å². The fourth-order valence-electron chi connectivity index (χ4n) is 2.57. The number of rotatable bonds is 8. The zero-order valence-corrected chi connectivity index (χ0v) is 16.1. The number of nitrogens with two attached hydrogens (primary N) is 1. The van der Waals surface area contributed by atoms with Gasteiger partial charge in [-0.3, -0.25) is 9.59 Å². The van der Waals surface area contributed by atoms with E-state index >= 15 is 0 Å². The van der Waals surface area contributed by atoms with Crippen LogP contribution in [0.4, 0.5) is 0 Å². The third kappa shape index (κ3) is 5.44. The highest BCUT2D eigenvalue weighted by Crippen LogP contribution is 2.14. The van der Waals surface area contributed by atoms with Gasteiger partial charge in [-0.05, 0) is 30.6 Å². The van der Waals surface area contributed by atoms with E-state index in [0.29, 0.717) is 12.2 Å². The predicted molar refractivity (Wildman–Crippen MR) is 99.1 cm³/mol. The Hall–Kier alpha value is -1.62. The van der Waals surface area contributed by atoms with Crippen molar-refractivity contribution >= 4 is 33.6 Å². The summed E-state index contributed by atoms with van der Waals surface area (Å²) in [5.41, 5.74) is 5.25. The van der Waals surface area contributed by atoms with Crippen molar-refractivity contribution in [1.29, 1.82) is 0 Å². The molecule has 10 heteroatoms. The molecule has 2 atom stereocenters. The smallest absolute Gasteiger partial charge is 0.248 e. The Bertz CT molecular complexity index is 727. The van der Waals surface area contributed by atoms with E-state index in [0.717, 1.165) is 0 Å². The first-order valence-corrected chi connectivity index (χ1v) is 11.0. The fraction of sp³-hybridized carbons (Fsp3) is 0.500. The Morgan fingerprint density at radius 2 is 2.08 bits per heavy atom. The normalized spacial score (nSPS) is 19.1. The molecule has 0 spiro atoms. The van der Waals surface area contributed by atoms with Gasteiger partial charge in [-0.1, -0.05) is 18.2 Å². The van der Waals surface area contributed by atoms with Crippen molar-refractivity contribution in [3.8, 4) is 0 Å². The average Bonchev–Trinajstić information content (AvgIpc) is 2.65. The molecular formula is C16H23N3O5S2. The van der Waals surface area contributed by atoms with Gasteiger partial charge in [0.2, 0.25) is 21.8 Å². The van der Waals surface area contributed by atoms with E-state index in [2.05, 4.69) is 4.72 Å². The summed E-state index contributed by atoms with van der Waals surface area (Å²) >= 11 is 1.52. The third-order valence-electron chi connectivity index (χ3n) is 3.96. The van der Waals surface area contributed by atoms with Gasteiger partial charge in [-0.2, -0.15) is 16.5 Å². The van der Waals surface area contributed by atoms with Crippen LogP contribution < -0.4 is 10.5 Å². The number of ether oxygens (including phenoxy) is 1. The number of primary amides is 1. The van der Waals surface area contributed by atoms with Crippen LogP contribution in [0.15, 0.2) is 35.2 Å². The highest BCUT2D eigenvalue weighted by atomic mass is 32.2. The largest absolute Gasteiger partial charge is 0.367 e. The second-order valence-electron chi connectivity index (χ2n) is 5.81. The first kappa shape index (κ1) is 20.7. The maximum atomic E-state index is 12.9. The molecule has 26 heavy (non-hydrogen) atoms. The summed E-state index contributed by atoms with van der Waals surface area (Å²) in [7, 11) is -3.83. The number of thioether (sulfide) groups is 1. The maximum absolute atomic E-state index is 12.9. The SMILES string of the molecule is CSCCC(NS(=O)(=O)c1ccccc1)C(=O)N1CCOC(C(N)=O)C1. The van der Waals surface area contributed by atoms with Crippen LogP contribution in [0.2, 0.25) is 0 Å². The molecule has 2 unspecified atom stereocenters. The lowest BCUT2D eigenvalue weighted by atomic mass is 10.2. The predicted octanol–water partition coefficient (Wildman–Crippen LogP) is -0.201. The van der Waals surface area contributed by atoms with Crippen molar-refractivity contribution in [1.82, 2.24) is 9.62 Å². The topological polar surface area (TPSA) is 119 Å². The van der Waals surface area contributed by atoms with E-state index < -0.39 is 28.1 Å². The highest BCUT2D eigenvalue weighted by Gasteiger charge is 2.33. The van der Waals surface area contributed by atoms with Crippen LogP contribution in [0.3, 0.4) is 0 Å². The summed E-state index contributed by atoms with van der Waals surface area (Å²) in [6, 6.07) is 6.97. The number of carbonyl (C=O) groups is 2. The molecular weight excluding hydrogens is 378 g/mol. The summed E-state index contributed by atoms with van der Waals surface area (Å²) in [5.74, 6) is -0.418. The number of morpholine rings is 1. The van der Waals surface area contributed by atoms with Crippen LogP contribution in [-0.2, 0) is 24.3 Å². The van der Waals surface area contributed by atoms with Gasteiger partial charge in [0.25, 0.3) is 0 Å². The van der Waals surface area contributed by atoms with E-state index in [-0.39, 0.29) is 30.5 Å². The minimum Gasteiger partial charge on any atom is -0.367 e. The van der Waals surface area contributed by atoms with Crippen molar-refractivity contribution in [2.45, 2.75) is 23.5 Å². The number of nitrogens with one attached hydrogen (secondary N) is 1. The van der Waals surface area contributed by atoms with Crippen LogP contribution in [0.25, 0.3) is 0 Å². The molecule has 1 aliphatic rings. The fourth-order valence-corrected chi connectivity index (χ4v) is 4.28. The van der Waals surface area contributed by atoms with E-state index in [1.165, 1.54) is 28.8 Å². The molecule has 8 nitrogen and oxygen atoms in total. The molecule has 2 amide bonds. The molecule has 1 saturated heterocycles. The number of carbonyl (C=O) groups excluding carboxylic acids is 2. The molecule has 1 aromatic carbocycles. The lowest BCUT2D eigenvalue weighted by Gasteiger charge is -2.34. The minimum atomic E-state index is -3.83. The molecule has 0 saturated carbocycles. The molecule has 0 radical (unpaired) electrons. The summed E-state index contributed by atoms with van der Waals surface area (Å²) in [4.78, 5) is 25.7. The number of amides is 2. The molecule has 2 rings (SSSR count). The molecule has 1 fully saturated rings. The third-order valence-corrected chi connectivity index (χ3v) is 6.09. The molecule has 1 aromatic rings. The van der Waals surface area contributed by atoms with Gasteiger partial charge in [-0.15, -0.1) is 0 Å². The second-order valence-corrected chi connectivity index (χ2v) is 8.51. The van der Waals surface area contributed by atoms with Crippen LogP contribution in [0, 0.1) is 0 Å². The van der Waals surface area contributed by atoms with Crippen LogP contribution in [0.1, 0.15) is 6.42 Å². The van der Waals surface area contributed by atoms with Crippen LogP contribution in [-0.4, -0.2) is 69.0 Å². The highest BCUT2D eigenvalue weighted by molar-refractivity contribution is 7.98. The monoisotopic (exact) mass is 401 g/mol. The number of hydrogen-bond acceptors (Lipinski definition) is 6. The molecule has 0 bridgehead atoms. The number of nitrogens with zero attached hydrogens (tertiary/aromatic N) is 1. The standard InChI is InChI=1S/C16H23N3O5S2/c1-25-10-7-13(18-26(22,23)12-5-3-2-4-6-12)16(21)19-8-9-24-14(11-19)15(17)20/h2-6,13-14,18H,7-11H2,1H3,(H2,17,20). The minimum absolute atomic E-state index is 0.0248. The lowest BCUT2D eigenvalue weighted by Crippen LogP contribution is -2.56. The van der Waals surface area contributed by atoms with Gasteiger partial charge in [0, 0.05) is 6.54 Å². The van der Waals surface area contributed by atoms with E-state index in [1.54, 1.807) is 18.2 Å². The molecule has 1 aliphatic heterocycles. The maximum Gasteiger partial charge on any atom is 0.248 e. The summed E-state index contributed by atoms with van der Waals surface area (Å²) < 4.78 is 32.9. The number of hydrogen-bond donors (Lipinski definition) is 2. The van der Waals surface area contributed by atoms with Gasteiger partial charge >= 0.3 is 0 Å². The molecule has 0 aliphatic carbocycles. The second kappa shape index (κ2) is 9.36. The van der Waals surface area contributed by atoms with Gasteiger partial charge in [0.05, 0.1) is 18.0 Å². The average molecular weight is 402 g/mol. The molecule has 0 aromatic heterocycles. The van der Waals surface area contributed by atoms with E-state index in [1.807, 2.05) is 6.26 Å². The van der Waals surface area contributed by atoms with Crippen molar-refractivity contribution < 1.29 is 22.7 Å². The van der Waals surface area contributed by atoms with Crippen LogP contribution >= 0.6 is 11.8 Å². The van der Waals surface area contributed by atoms with E-state index in [4.69, 9.17) is 10.5 Å².